The normalized spacial score (nSPS) is 17.5. The van der Waals surface area contributed by atoms with E-state index >= 15 is 0 Å². The Labute approximate surface area is 120 Å². The number of H-pyrrole nitrogens is 1. The lowest BCUT2D eigenvalue weighted by atomic mass is 10.0. The van der Waals surface area contributed by atoms with Crippen LogP contribution in [0.25, 0.3) is 0 Å². The summed E-state index contributed by atoms with van der Waals surface area (Å²) in [6.45, 7) is 6.31. The number of aromatic nitrogens is 2. The van der Waals surface area contributed by atoms with Crippen LogP contribution in [0.2, 0.25) is 0 Å². The first-order valence-corrected chi connectivity index (χ1v) is 7.65. The highest BCUT2D eigenvalue weighted by atomic mass is 16.5. The van der Waals surface area contributed by atoms with Gasteiger partial charge in [-0.3, -0.25) is 4.79 Å². The molecule has 0 atom stereocenters. The number of ether oxygens (including phenoxy) is 1. The molecule has 0 unspecified atom stereocenters. The summed E-state index contributed by atoms with van der Waals surface area (Å²) in [6, 6.07) is 1.57. The van der Waals surface area contributed by atoms with E-state index in [0.717, 1.165) is 44.3 Å². The Morgan fingerprint density at radius 2 is 2.15 bits per heavy atom. The molecule has 1 aliphatic carbocycles. The van der Waals surface area contributed by atoms with Crippen LogP contribution < -0.4 is 10.9 Å². The molecule has 1 aromatic heterocycles. The Balaban J connectivity index is 2.23. The zero-order valence-corrected chi connectivity index (χ0v) is 12.5. The van der Waals surface area contributed by atoms with Gasteiger partial charge in [-0.25, -0.2) is 4.98 Å². The summed E-state index contributed by atoms with van der Waals surface area (Å²) in [7, 11) is 0. The first-order valence-electron chi connectivity index (χ1n) is 7.65. The maximum absolute atomic E-state index is 11.9. The standard InChI is InChI=1S/C15H25N3O2/c1-3-9-16-11-12-10-13(19)18-14(17-12)15(20-4-2)7-5-6-8-15/h10,16H,3-9,11H2,1-2H3,(H,17,18,19). The van der Waals surface area contributed by atoms with Gasteiger partial charge in [-0.2, -0.15) is 0 Å². The molecule has 0 spiro atoms. The topological polar surface area (TPSA) is 67.0 Å². The molecule has 1 fully saturated rings. The van der Waals surface area contributed by atoms with Crippen molar-refractivity contribution in [2.24, 2.45) is 0 Å². The fourth-order valence-corrected chi connectivity index (χ4v) is 2.88. The Morgan fingerprint density at radius 3 is 2.80 bits per heavy atom. The second-order valence-electron chi connectivity index (χ2n) is 5.40. The molecule has 1 aliphatic rings. The van der Waals surface area contributed by atoms with Crippen molar-refractivity contribution in [3.05, 3.63) is 27.9 Å². The van der Waals surface area contributed by atoms with E-state index in [-0.39, 0.29) is 11.2 Å². The summed E-state index contributed by atoms with van der Waals surface area (Å²) < 4.78 is 5.96. The predicted octanol–water partition coefficient (Wildman–Crippen LogP) is 2.08. The van der Waals surface area contributed by atoms with Gasteiger partial charge in [0.25, 0.3) is 5.56 Å². The largest absolute Gasteiger partial charge is 0.367 e. The average molecular weight is 279 g/mol. The van der Waals surface area contributed by atoms with Crippen LogP contribution in [0, 0.1) is 0 Å². The molecule has 1 heterocycles. The van der Waals surface area contributed by atoms with E-state index in [4.69, 9.17) is 4.74 Å². The predicted molar refractivity (Wildman–Crippen MR) is 78.6 cm³/mol. The van der Waals surface area contributed by atoms with Crippen molar-refractivity contribution in [3.8, 4) is 0 Å². The number of nitrogens with zero attached hydrogens (tertiary/aromatic N) is 1. The minimum Gasteiger partial charge on any atom is -0.367 e. The van der Waals surface area contributed by atoms with Crippen molar-refractivity contribution in [3.63, 3.8) is 0 Å². The van der Waals surface area contributed by atoms with E-state index in [0.29, 0.717) is 19.0 Å². The van der Waals surface area contributed by atoms with Crippen LogP contribution in [-0.4, -0.2) is 23.1 Å². The Morgan fingerprint density at radius 1 is 1.40 bits per heavy atom. The Hall–Kier alpha value is -1.20. The van der Waals surface area contributed by atoms with Gasteiger partial charge in [0.1, 0.15) is 11.4 Å². The molecule has 1 aromatic rings. The fraction of sp³-hybridized carbons (Fsp3) is 0.733. The van der Waals surface area contributed by atoms with Gasteiger partial charge in [0.05, 0.1) is 5.69 Å². The molecule has 112 valence electrons. The van der Waals surface area contributed by atoms with Crippen molar-refractivity contribution in [2.45, 2.75) is 58.1 Å². The number of rotatable bonds is 7. The van der Waals surface area contributed by atoms with E-state index in [1.807, 2.05) is 6.92 Å². The van der Waals surface area contributed by atoms with Gasteiger partial charge in [0, 0.05) is 19.2 Å². The van der Waals surface area contributed by atoms with Gasteiger partial charge in [-0.1, -0.05) is 6.92 Å². The molecular weight excluding hydrogens is 254 g/mol. The third-order valence-corrected chi connectivity index (χ3v) is 3.79. The third-order valence-electron chi connectivity index (χ3n) is 3.79. The lowest BCUT2D eigenvalue weighted by Gasteiger charge is -2.28. The molecule has 0 saturated heterocycles. The molecule has 5 heteroatoms. The van der Waals surface area contributed by atoms with Crippen LogP contribution >= 0.6 is 0 Å². The smallest absolute Gasteiger partial charge is 0.251 e. The highest BCUT2D eigenvalue weighted by molar-refractivity contribution is 5.10. The second kappa shape index (κ2) is 6.99. The summed E-state index contributed by atoms with van der Waals surface area (Å²) in [5.41, 5.74) is 0.326. The zero-order valence-electron chi connectivity index (χ0n) is 12.5. The van der Waals surface area contributed by atoms with Crippen LogP contribution in [-0.2, 0) is 16.9 Å². The molecule has 1 saturated carbocycles. The number of nitrogens with one attached hydrogen (secondary N) is 2. The molecular formula is C15H25N3O2. The van der Waals surface area contributed by atoms with Gasteiger partial charge < -0.3 is 15.0 Å². The van der Waals surface area contributed by atoms with Crippen LogP contribution in [0.5, 0.6) is 0 Å². The number of hydrogen-bond donors (Lipinski definition) is 2. The zero-order chi connectivity index (χ0) is 14.4. The summed E-state index contributed by atoms with van der Waals surface area (Å²) in [4.78, 5) is 19.4. The summed E-state index contributed by atoms with van der Waals surface area (Å²) in [5.74, 6) is 0.706. The Bertz CT molecular complexity index is 478. The molecule has 2 N–H and O–H groups in total. The molecule has 0 aromatic carbocycles. The van der Waals surface area contributed by atoms with E-state index < -0.39 is 0 Å². The first kappa shape index (κ1) is 15.2. The molecule has 0 aliphatic heterocycles. The van der Waals surface area contributed by atoms with Crippen molar-refractivity contribution in [1.29, 1.82) is 0 Å². The fourth-order valence-electron chi connectivity index (χ4n) is 2.88. The average Bonchev–Trinajstić information content (AvgIpc) is 2.89. The minimum atomic E-state index is -0.380. The quantitative estimate of drug-likeness (QED) is 0.750. The maximum Gasteiger partial charge on any atom is 0.251 e. The highest BCUT2D eigenvalue weighted by Gasteiger charge is 2.38. The summed E-state index contributed by atoms with van der Waals surface area (Å²) in [5, 5.41) is 3.28. The third kappa shape index (κ3) is 3.46. The van der Waals surface area contributed by atoms with E-state index in [9.17, 15) is 4.79 Å². The number of hydrogen-bond acceptors (Lipinski definition) is 4. The lowest BCUT2D eigenvalue weighted by Crippen LogP contribution is -2.32. The monoisotopic (exact) mass is 279 g/mol. The van der Waals surface area contributed by atoms with Crippen LogP contribution in [0.4, 0.5) is 0 Å². The van der Waals surface area contributed by atoms with Crippen LogP contribution in [0.15, 0.2) is 10.9 Å². The number of aromatic amines is 1. The molecule has 20 heavy (non-hydrogen) atoms. The first-order chi connectivity index (χ1) is 9.70. The lowest BCUT2D eigenvalue weighted by molar-refractivity contribution is -0.0460. The molecule has 0 amide bonds. The summed E-state index contributed by atoms with van der Waals surface area (Å²) >= 11 is 0. The van der Waals surface area contributed by atoms with Crippen molar-refractivity contribution < 1.29 is 4.74 Å². The van der Waals surface area contributed by atoms with Crippen molar-refractivity contribution in [1.82, 2.24) is 15.3 Å². The summed E-state index contributed by atoms with van der Waals surface area (Å²) in [6.07, 6.45) is 5.20. The van der Waals surface area contributed by atoms with E-state index in [1.165, 1.54) is 0 Å². The molecule has 5 nitrogen and oxygen atoms in total. The van der Waals surface area contributed by atoms with Gasteiger partial charge in [-0.15, -0.1) is 0 Å². The van der Waals surface area contributed by atoms with Crippen LogP contribution in [0.1, 0.15) is 57.5 Å². The van der Waals surface area contributed by atoms with Crippen LogP contribution in [0.3, 0.4) is 0 Å². The SMILES string of the molecule is CCCNCc1cc(=O)[nH]c(C2(OCC)CCCC2)n1. The van der Waals surface area contributed by atoms with E-state index in [2.05, 4.69) is 22.2 Å². The second-order valence-corrected chi connectivity index (χ2v) is 5.40. The van der Waals surface area contributed by atoms with Crippen molar-refractivity contribution >= 4 is 0 Å². The van der Waals surface area contributed by atoms with Gasteiger partial charge >= 0.3 is 0 Å². The molecule has 2 rings (SSSR count). The minimum absolute atomic E-state index is 0.0886. The highest BCUT2D eigenvalue weighted by Crippen LogP contribution is 2.40. The molecule has 0 bridgehead atoms. The van der Waals surface area contributed by atoms with Gasteiger partial charge in [-0.05, 0) is 45.6 Å². The maximum atomic E-state index is 11.9. The van der Waals surface area contributed by atoms with E-state index in [1.54, 1.807) is 6.07 Å². The Kier molecular flexibility index (Phi) is 5.31. The van der Waals surface area contributed by atoms with Gasteiger partial charge in [0.15, 0.2) is 0 Å². The van der Waals surface area contributed by atoms with Gasteiger partial charge in [0.2, 0.25) is 0 Å². The van der Waals surface area contributed by atoms with Crippen molar-refractivity contribution in [2.75, 3.05) is 13.2 Å². The molecule has 0 radical (unpaired) electrons.